The fourth-order valence-electron chi connectivity index (χ4n) is 20.4. The van der Waals surface area contributed by atoms with Crippen molar-refractivity contribution >= 4 is 90.5 Å². The molecule has 20 heteroatoms. The molecule has 0 saturated heterocycles. The molecule has 0 radical (unpaired) electrons. The molecule has 2 atom stereocenters. The largest absolute Gasteiger partial charge is 0.460 e. The summed E-state index contributed by atoms with van der Waals surface area (Å²) in [5.41, 5.74) is 4.16. The molecule has 6 amide bonds. The molecule has 0 bridgehead atoms. The minimum atomic E-state index is -1.52. The molecule has 134 heavy (non-hydrogen) atoms. The number of nitrogens with one attached hydrogen (secondary N) is 2. The molecule has 2 aliphatic rings. The van der Waals surface area contributed by atoms with Crippen molar-refractivity contribution in [3.05, 3.63) is 262 Å². The van der Waals surface area contributed by atoms with E-state index in [1.165, 1.54) is 0 Å². The van der Waals surface area contributed by atoms with E-state index in [1.807, 2.05) is 158 Å². The second kappa shape index (κ2) is 39.2. The van der Waals surface area contributed by atoms with Gasteiger partial charge in [0.1, 0.15) is 71.3 Å². The molecule has 2 heterocycles. The number of rotatable bonds is 38. The summed E-state index contributed by atoms with van der Waals surface area (Å²) in [5.74, 6) is -4.31. The number of carbonyl (C=O) groups excluding carboxylic acids is 8. The molecule has 0 spiro atoms. The highest BCUT2D eigenvalue weighted by Gasteiger charge is 2.48. The van der Waals surface area contributed by atoms with Crippen LogP contribution in [-0.2, 0) is 72.6 Å². The normalized spacial score (nSPS) is 13.9. The Morgan fingerprint density at radius 3 is 0.776 bits per heavy atom. The van der Waals surface area contributed by atoms with E-state index in [1.54, 1.807) is 38.1 Å². The van der Waals surface area contributed by atoms with Crippen molar-refractivity contribution in [2.24, 2.45) is 21.7 Å². The topological polar surface area (TPSA) is 241 Å². The summed E-state index contributed by atoms with van der Waals surface area (Å²) in [5, 5.41) is 7.78. The monoisotopic (exact) mass is 1810 g/mol. The fraction of sp³-hybridized carbons (Fsp3) is 0.404. The van der Waals surface area contributed by atoms with Gasteiger partial charge in [-0.15, -0.1) is 0 Å². The Morgan fingerprint density at radius 1 is 0.313 bits per heavy atom. The standard InChI is InChI=1S/C114H132N4O16/c1-69(2)105(125)129-57-55-127-53-51-115-99(119)85(59-71-31-27-25-28-32-71)117-101(121)81-61-87(131-77-43-35-73(36-44-77)111(17,18)65-107(5,6)7)93-95-89(133-79-47-39-75(40-48-79)113(21,22)67-109(11,12)13)63-83-92-84(104(124)118(103(83)123)86(60-72-33-29-26-30-34-72)100(120)116-52-54-128-56-58-130-106(126)70(3)4)64-90(134-80-49-41-76(42-50-80)114(23,24)68-110(14,15)16)96(98(92)95)94-88(62-82(102(117)122)91(81)97(93)94)132-78-45-37-74(38-46-78)112(19,20)66-108(8,9)10/h25-50,61-64,85-86H,1,3,51-60,65-68H2,2,4-24H3,(H,115,119)(H,116,120). The lowest BCUT2D eigenvalue weighted by molar-refractivity contribution is -0.141. The van der Waals surface area contributed by atoms with Crippen LogP contribution in [0.3, 0.4) is 0 Å². The summed E-state index contributed by atoms with van der Waals surface area (Å²) in [6.45, 7) is 54.3. The summed E-state index contributed by atoms with van der Waals surface area (Å²) < 4.78 is 52.7. The molecule has 704 valence electrons. The third-order valence-electron chi connectivity index (χ3n) is 24.8. The first-order chi connectivity index (χ1) is 62.9. The first-order valence-electron chi connectivity index (χ1n) is 46.6. The first kappa shape index (κ1) is 99.0. The van der Waals surface area contributed by atoms with Crippen LogP contribution in [0.2, 0.25) is 0 Å². The number of hydrogen-bond donors (Lipinski definition) is 2. The van der Waals surface area contributed by atoms with Gasteiger partial charge in [0.25, 0.3) is 23.6 Å². The number of nitrogens with zero attached hydrogens (tertiary/aromatic N) is 2. The minimum absolute atomic E-state index is 0.00316. The molecule has 2 unspecified atom stereocenters. The van der Waals surface area contributed by atoms with E-state index in [2.05, 4.69) is 162 Å². The molecular formula is C114H132N4O16. The molecule has 11 aromatic rings. The van der Waals surface area contributed by atoms with E-state index in [0.29, 0.717) is 34.1 Å². The van der Waals surface area contributed by atoms with Gasteiger partial charge in [-0.05, 0) is 189 Å². The molecule has 0 aromatic heterocycles. The van der Waals surface area contributed by atoms with Gasteiger partial charge < -0.3 is 48.5 Å². The van der Waals surface area contributed by atoms with Gasteiger partial charge in [-0.2, -0.15) is 0 Å². The SMILES string of the molecule is C=C(C)C(=O)OCCOCCNC(=O)C(Cc1ccccc1)N1C(=O)c2cc(Oc3ccc(C(C)(C)CC(C)(C)C)cc3)c3c4c(Oc5ccc(C(C)(C)CC(C)(C)C)cc5)cc5c6c(cc(Oc7ccc(C(C)(C)CC(C)(C)C)cc7)c(c7c(Oc8ccc(C(C)(C)CC(C)(C)C)cc8)cc(c2c37)C1=O)c64)C(=O)N(C(Cc1ccccc1)C(=O)NCCOCCOC(=O)C(=C)C)C5=O. The van der Waals surface area contributed by atoms with E-state index in [-0.39, 0.29) is 208 Å². The van der Waals surface area contributed by atoms with Crippen molar-refractivity contribution in [3.8, 4) is 46.0 Å². The van der Waals surface area contributed by atoms with E-state index < -0.39 is 59.5 Å². The van der Waals surface area contributed by atoms with Gasteiger partial charge in [-0.25, -0.2) is 9.59 Å². The van der Waals surface area contributed by atoms with Gasteiger partial charge in [0.05, 0.1) is 48.7 Å². The third-order valence-corrected chi connectivity index (χ3v) is 24.8. The number of benzene rings is 11. The summed E-state index contributed by atoms with van der Waals surface area (Å²) >= 11 is 0. The molecular weight excluding hydrogens is 1680 g/mol. The molecule has 0 saturated carbocycles. The van der Waals surface area contributed by atoms with Crippen LogP contribution < -0.4 is 29.6 Å². The van der Waals surface area contributed by atoms with Crippen molar-refractivity contribution in [3.63, 3.8) is 0 Å². The molecule has 2 aliphatic heterocycles. The Balaban J connectivity index is 1.15. The lowest BCUT2D eigenvalue weighted by Gasteiger charge is -2.36. The number of imide groups is 2. The van der Waals surface area contributed by atoms with Gasteiger partial charge in [0, 0.05) is 80.2 Å². The van der Waals surface area contributed by atoms with E-state index in [9.17, 15) is 9.59 Å². The highest BCUT2D eigenvalue weighted by atomic mass is 16.6. The van der Waals surface area contributed by atoms with Crippen LogP contribution >= 0.6 is 0 Å². The highest BCUT2D eigenvalue weighted by Crippen LogP contribution is 2.59. The van der Waals surface area contributed by atoms with Gasteiger partial charge >= 0.3 is 11.9 Å². The number of amides is 6. The van der Waals surface area contributed by atoms with Crippen LogP contribution in [0.25, 0.3) is 43.1 Å². The Kier molecular flexibility index (Phi) is 28.9. The number of carbonyl (C=O) groups is 8. The van der Waals surface area contributed by atoms with Crippen molar-refractivity contribution < 1.29 is 76.3 Å². The quantitative estimate of drug-likeness (QED) is 0.00913. The molecule has 0 aliphatic carbocycles. The van der Waals surface area contributed by atoms with Crippen LogP contribution in [0.1, 0.15) is 253 Å². The zero-order valence-corrected chi connectivity index (χ0v) is 82.2. The summed E-state index contributed by atoms with van der Waals surface area (Å²) in [7, 11) is 0. The third kappa shape index (κ3) is 22.8. The zero-order chi connectivity index (χ0) is 97.3. The maximum atomic E-state index is 17.1. The maximum Gasteiger partial charge on any atom is 0.333 e. The van der Waals surface area contributed by atoms with Crippen molar-refractivity contribution in [1.82, 2.24) is 20.4 Å². The minimum Gasteiger partial charge on any atom is -0.460 e. The fourth-order valence-corrected chi connectivity index (χ4v) is 20.4. The first-order valence-corrected chi connectivity index (χ1v) is 46.6. The average molecular weight is 1810 g/mol. The lowest BCUT2D eigenvalue weighted by atomic mass is 9.72. The van der Waals surface area contributed by atoms with Crippen molar-refractivity contribution in [2.75, 3.05) is 52.7 Å². The summed E-state index contributed by atoms with van der Waals surface area (Å²) in [6, 6.07) is 53.0. The second-order valence-electron chi connectivity index (χ2n) is 43.7. The van der Waals surface area contributed by atoms with E-state index in [4.69, 9.17) is 37.9 Å². The zero-order valence-electron chi connectivity index (χ0n) is 82.2. The predicted molar refractivity (Wildman–Crippen MR) is 530 cm³/mol. The number of fused-ring (bicyclic) bond motifs is 2. The predicted octanol–water partition coefficient (Wildman–Crippen LogP) is 24.7. The smallest absolute Gasteiger partial charge is 0.333 e. The Morgan fingerprint density at radius 2 is 0.552 bits per heavy atom. The van der Waals surface area contributed by atoms with Crippen LogP contribution in [0.4, 0.5) is 0 Å². The molecule has 11 aromatic carbocycles. The molecule has 13 rings (SSSR count). The average Bonchev–Trinajstić information content (AvgIpc) is 0.668. The van der Waals surface area contributed by atoms with Gasteiger partial charge in [0.2, 0.25) is 11.8 Å². The van der Waals surface area contributed by atoms with Gasteiger partial charge in [-0.1, -0.05) is 261 Å². The number of esters is 2. The number of ether oxygens (including phenoxy) is 8. The summed E-state index contributed by atoms with van der Waals surface area (Å²) in [6.07, 6.45) is 3.04. The van der Waals surface area contributed by atoms with E-state index >= 15 is 28.8 Å². The molecule has 2 N–H and O–H groups in total. The highest BCUT2D eigenvalue weighted by molar-refractivity contribution is 6.45. The van der Waals surface area contributed by atoms with Crippen molar-refractivity contribution in [2.45, 2.75) is 225 Å². The van der Waals surface area contributed by atoms with Crippen LogP contribution in [0.5, 0.6) is 46.0 Å². The Labute approximate surface area is 789 Å². The molecule has 20 nitrogen and oxygen atoms in total. The van der Waals surface area contributed by atoms with Crippen molar-refractivity contribution in [1.29, 1.82) is 0 Å². The maximum absolute atomic E-state index is 17.1. The lowest BCUT2D eigenvalue weighted by Crippen LogP contribution is -2.55. The molecule has 0 fully saturated rings. The van der Waals surface area contributed by atoms with Crippen LogP contribution in [-0.4, -0.2) is 122 Å². The Bertz CT molecular complexity index is 5620. The van der Waals surface area contributed by atoms with Gasteiger partial charge in [-0.3, -0.25) is 38.6 Å². The van der Waals surface area contributed by atoms with Crippen LogP contribution in [0.15, 0.2) is 206 Å². The number of hydrogen-bond acceptors (Lipinski definition) is 16. The Hall–Kier alpha value is -12.5. The summed E-state index contributed by atoms with van der Waals surface area (Å²) in [4.78, 5) is 126. The van der Waals surface area contributed by atoms with Gasteiger partial charge in [0.15, 0.2) is 0 Å². The van der Waals surface area contributed by atoms with E-state index in [0.717, 1.165) is 57.7 Å². The second-order valence-corrected chi connectivity index (χ2v) is 43.7. The van der Waals surface area contributed by atoms with Crippen LogP contribution in [0, 0.1) is 21.7 Å².